The highest BCUT2D eigenvalue weighted by Gasteiger charge is 2.04. The highest BCUT2D eigenvalue weighted by molar-refractivity contribution is 6.31. The fourth-order valence-corrected chi connectivity index (χ4v) is 1.51. The molecule has 0 bridgehead atoms. The first-order chi connectivity index (χ1) is 7.16. The van der Waals surface area contributed by atoms with E-state index < -0.39 is 0 Å². The molecule has 0 saturated heterocycles. The Morgan fingerprint density at radius 3 is 2.80 bits per heavy atom. The van der Waals surface area contributed by atoms with Gasteiger partial charge in [-0.15, -0.1) is 0 Å². The first-order valence-corrected chi connectivity index (χ1v) is 4.76. The quantitative estimate of drug-likeness (QED) is 0.853. The minimum Gasteiger partial charge on any atom is -0.384 e. The molecule has 0 fully saturated rings. The summed E-state index contributed by atoms with van der Waals surface area (Å²) in [4.78, 5) is 0. The van der Waals surface area contributed by atoms with Gasteiger partial charge >= 0.3 is 0 Å². The summed E-state index contributed by atoms with van der Waals surface area (Å²) in [6, 6.07) is 5.95. The summed E-state index contributed by atoms with van der Waals surface area (Å²) < 4.78 is 14.4. The lowest BCUT2D eigenvalue weighted by Gasteiger charge is -2.06. The average Bonchev–Trinajstić information content (AvgIpc) is 2.57. The molecule has 0 spiro atoms. The third-order valence-corrected chi connectivity index (χ3v) is 2.44. The number of hydrogen-bond donors (Lipinski definition) is 1. The molecule has 1 aromatic carbocycles. The van der Waals surface area contributed by atoms with E-state index in [1.165, 1.54) is 12.1 Å². The van der Waals surface area contributed by atoms with Crippen LogP contribution in [0.5, 0.6) is 0 Å². The summed E-state index contributed by atoms with van der Waals surface area (Å²) in [5.74, 6) is 0.201. The smallest absolute Gasteiger partial charge is 0.124 e. The molecule has 0 amide bonds. The molecule has 5 heteroatoms. The largest absolute Gasteiger partial charge is 0.384 e. The SMILES string of the molecule is Nc1ccnn1Cc1ccc(F)cc1Cl. The second-order valence-corrected chi connectivity index (χ2v) is 3.56. The van der Waals surface area contributed by atoms with E-state index in [4.69, 9.17) is 17.3 Å². The monoisotopic (exact) mass is 225 g/mol. The molecule has 0 aliphatic carbocycles. The second kappa shape index (κ2) is 3.90. The van der Waals surface area contributed by atoms with E-state index in [0.717, 1.165) is 5.56 Å². The number of anilines is 1. The molecule has 2 aromatic rings. The molecule has 0 unspecified atom stereocenters. The number of hydrogen-bond acceptors (Lipinski definition) is 2. The van der Waals surface area contributed by atoms with Gasteiger partial charge in [0.1, 0.15) is 11.6 Å². The van der Waals surface area contributed by atoms with Gasteiger partial charge in [-0.2, -0.15) is 5.10 Å². The van der Waals surface area contributed by atoms with E-state index >= 15 is 0 Å². The highest BCUT2D eigenvalue weighted by atomic mass is 35.5. The van der Waals surface area contributed by atoms with Crippen LogP contribution in [0.1, 0.15) is 5.56 Å². The topological polar surface area (TPSA) is 43.8 Å². The van der Waals surface area contributed by atoms with Crippen molar-refractivity contribution in [2.75, 3.05) is 5.73 Å². The Labute approximate surface area is 91.3 Å². The molecule has 0 aliphatic rings. The summed E-state index contributed by atoms with van der Waals surface area (Å²) in [6.07, 6.45) is 1.60. The zero-order valence-electron chi connectivity index (χ0n) is 7.82. The number of rotatable bonds is 2. The molecule has 2 rings (SSSR count). The van der Waals surface area contributed by atoms with Crippen molar-refractivity contribution in [3.8, 4) is 0 Å². The molecule has 0 radical (unpaired) electrons. The normalized spacial score (nSPS) is 10.5. The van der Waals surface area contributed by atoms with Gasteiger partial charge in [-0.05, 0) is 23.8 Å². The maximum atomic E-state index is 12.8. The van der Waals surface area contributed by atoms with Crippen LogP contribution in [0.15, 0.2) is 30.5 Å². The molecule has 0 atom stereocenters. The van der Waals surface area contributed by atoms with Gasteiger partial charge in [0.05, 0.1) is 12.7 Å². The van der Waals surface area contributed by atoms with Crippen molar-refractivity contribution >= 4 is 17.4 Å². The predicted molar refractivity (Wildman–Crippen MR) is 57.2 cm³/mol. The maximum absolute atomic E-state index is 12.8. The highest BCUT2D eigenvalue weighted by Crippen LogP contribution is 2.18. The maximum Gasteiger partial charge on any atom is 0.124 e. The number of nitrogens with two attached hydrogens (primary N) is 1. The second-order valence-electron chi connectivity index (χ2n) is 3.15. The van der Waals surface area contributed by atoms with Crippen LogP contribution in [0, 0.1) is 5.82 Å². The Morgan fingerprint density at radius 2 is 2.20 bits per heavy atom. The van der Waals surface area contributed by atoms with Gasteiger partial charge in [-0.3, -0.25) is 0 Å². The fraction of sp³-hybridized carbons (Fsp3) is 0.100. The zero-order chi connectivity index (χ0) is 10.8. The molecule has 2 N–H and O–H groups in total. The Morgan fingerprint density at radius 1 is 1.40 bits per heavy atom. The first-order valence-electron chi connectivity index (χ1n) is 4.38. The van der Waals surface area contributed by atoms with Crippen LogP contribution in [-0.4, -0.2) is 9.78 Å². The van der Waals surface area contributed by atoms with Crippen LogP contribution >= 0.6 is 11.6 Å². The van der Waals surface area contributed by atoms with Crippen LogP contribution in [0.25, 0.3) is 0 Å². The molecule has 0 aliphatic heterocycles. The Hall–Kier alpha value is -1.55. The molecule has 1 heterocycles. The van der Waals surface area contributed by atoms with E-state index in [1.807, 2.05) is 0 Å². The van der Waals surface area contributed by atoms with E-state index in [2.05, 4.69) is 5.10 Å². The van der Waals surface area contributed by atoms with E-state index in [9.17, 15) is 4.39 Å². The summed E-state index contributed by atoms with van der Waals surface area (Å²) in [5, 5.41) is 4.39. The molecule has 0 saturated carbocycles. The third-order valence-electron chi connectivity index (χ3n) is 2.08. The van der Waals surface area contributed by atoms with Gasteiger partial charge in [-0.25, -0.2) is 9.07 Å². The lowest BCUT2D eigenvalue weighted by molar-refractivity contribution is 0.625. The standard InChI is InChI=1S/C10H9ClFN3/c11-9-5-8(12)2-1-7(9)6-15-10(13)3-4-14-15/h1-5H,6,13H2. The summed E-state index contributed by atoms with van der Waals surface area (Å²) in [7, 11) is 0. The number of nitrogen functional groups attached to an aromatic ring is 1. The minimum atomic E-state index is -0.350. The number of nitrogens with zero attached hydrogens (tertiary/aromatic N) is 2. The van der Waals surface area contributed by atoms with Crippen LogP contribution in [0.2, 0.25) is 5.02 Å². The number of benzene rings is 1. The average molecular weight is 226 g/mol. The summed E-state index contributed by atoms with van der Waals surface area (Å²) in [6.45, 7) is 0.442. The summed E-state index contributed by atoms with van der Waals surface area (Å²) in [5.41, 5.74) is 6.44. The van der Waals surface area contributed by atoms with Crippen molar-refractivity contribution in [3.63, 3.8) is 0 Å². The van der Waals surface area contributed by atoms with Crippen LogP contribution in [-0.2, 0) is 6.54 Å². The summed E-state index contributed by atoms with van der Waals surface area (Å²) >= 11 is 5.88. The van der Waals surface area contributed by atoms with E-state index in [-0.39, 0.29) is 5.82 Å². The van der Waals surface area contributed by atoms with Gasteiger partial charge in [0, 0.05) is 5.02 Å². The van der Waals surface area contributed by atoms with Gasteiger partial charge in [0.15, 0.2) is 0 Å². The van der Waals surface area contributed by atoms with Crippen molar-refractivity contribution in [2.24, 2.45) is 0 Å². The van der Waals surface area contributed by atoms with Crippen LogP contribution in [0.3, 0.4) is 0 Å². The van der Waals surface area contributed by atoms with Gasteiger partial charge in [0.2, 0.25) is 0 Å². The zero-order valence-corrected chi connectivity index (χ0v) is 8.58. The molecular formula is C10H9ClFN3. The van der Waals surface area contributed by atoms with Crippen molar-refractivity contribution in [1.29, 1.82) is 0 Å². The Kier molecular flexibility index (Phi) is 2.60. The van der Waals surface area contributed by atoms with Gasteiger partial charge in [0.25, 0.3) is 0 Å². The lowest BCUT2D eigenvalue weighted by Crippen LogP contribution is -2.06. The molecule has 1 aromatic heterocycles. The van der Waals surface area contributed by atoms with Crippen molar-refractivity contribution in [3.05, 3.63) is 46.9 Å². The van der Waals surface area contributed by atoms with Crippen molar-refractivity contribution in [1.82, 2.24) is 9.78 Å². The molecule has 15 heavy (non-hydrogen) atoms. The van der Waals surface area contributed by atoms with Gasteiger partial charge < -0.3 is 5.73 Å². The number of aromatic nitrogens is 2. The molecular weight excluding hydrogens is 217 g/mol. The van der Waals surface area contributed by atoms with E-state index in [1.54, 1.807) is 23.0 Å². The van der Waals surface area contributed by atoms with E-state index in [0.29, 0.717) is 17.4 Å². The lowest BCUT2D eigenvalue weighted by atomic mass is 10.2. The third kappa shape index (κ3) is 2.10. The Balaban J connectivity index is 2.29. The van der Waals surface area contributed by atoms with Crippen LogP contribution < -0.4 is 5.73 Å². The number of halogens is 2. The first kappa shape index (κ1) is 9.98. The van der Waals surface area contributed by atoms with Gasteiger partial charge in [-0.1, -0.05) is 17.7 Å². The van der Waals surface area contributed by atoms with Crippen molar-refractivity contribution in [2.45, 2.75) is 6.54 Å². The molecule has 78 valence electrons. The molecule has 3 nitrogen and oxygen atoms in total. The predicted octanol–water partition coefficient (Wildman–Crippen LogP) is 2.31. The fourth-order valence-electron chi connectivity index (χ4n) is 1.29. The van der Waals surface area contributed by atoms with Crippen molar-refractivity contribution < 1.29 is 4.39 Å². The minimum absolute atomic E-state index is 0.350. The Bertz CT molecular complexity index is 481. The van der Waals surface area contributed by atoms with Crippen LogP contribution in [0.4, 0.5) is 10.2 Å².